The number of nitrogens with one attached hydrogen (secondary N) is 2. The van der Waals surface area contributed by atoms with Gasteiger partial charge in [-0.05, 0) is 18.6 Å². The molecule has 0 bridgehead atoms. The molecule has 3 rings (SSSR count). The number of carboxylic acids is 2. The number of phenolic OH excluding ortho intramolecular Hbond substituents is 2. The van der Waals surface area contributed by atoms with Gasteiger partial charge in [0, 0.05) is 23.4 Å². The van der Waals surface area contributed by atoms with E-state index in [1.807, 2.05) is 0 Å². The van der Waals surface area contributed by atoms with Gasteiger partial charge < -0.3 is 25.4 Å². The number of phenols is 2. The summed E-state index contributed by atoms with van der Waals surface area (Å²) in [5, 5.41) is 41.0. The van der Waals surface area contributed by atoms with Crippen molar-refractivity contribution in [1.82, 2.24) is 10.3 Å². The molecule has 1 aromatic carbocycles. The summed E-state index contributed by atoms with van der Waals surface area (Å²) in [7, 11) is 0. The smallest absolute Gasteiger partial charge is 0.329 e. The summed E-state index contributed by atoms with van der Waals surface area (Å²) in [5.41, 5.74) is -0.361. The number of aromatic nitrogens is 1. The largest absolute Gasteiger partial charge is 0.504 e. The highest BCUT2D eigenvalue weighted by atomic mass is 16.4. The van der Waals surface area contributed by atoms with E-state index >= 15 is 0 Å². The standard InChI is InChI=1S/C14H14N2O6/c1-14(13(21)22)11-6(2-8(16-14)12(19)20)5-3-9(17)10(18)4-7(5)15-11/h3-4,8,15-18H,2H2,1H3,(H,19,20)(H,21,22)/t8-,14+/m1/s1. The second-order valence-electron chi connectivity index (χ2n) is 5.53. The summed E-state index contributed by atoms with van der Waals surface area (Å²) in [6, 6.07) is 1.51. The Bertz CT molecular complexity index is 811. The second kappa shape index (κ2) is 4.38. The maximum atomic E-state index is 11.6. The van der Waals surface area contributed by atoms with Crippen molar-refractivity contribution in [3.8, 4) is 11.5 Å². The van der Waals surface area contributed by atoms with Crippen molar-refractivity contribution >= 4 is 22.8 Å². The maximum absolute atomic E-state index is 11.6. The number of aromatic amines is 1. The normalized spacial score (nSPS) is 24.1. The Morgan fingerprint density at radius 3 is 2.45 bits per heavy atom. The molecule has 8 nitrogen and oxygen atoms in total. The number of H-pyrrole nitrogens is 1. The lowest BCUT2D eigenvalue weighted by atomic mass is 9.85. The minimum absolute atomic E-state index is 0.0672. The molecule has 0 aliphatic carbocycles. The van der Waals surface area contributed by atoms with Crippen molar-refractivity contribution in [1.29, 1.82) is 0 Å². The van der Waals surface area contributed by atoms with Crippen molar-refractivity contribution < 1.29 is 30.0 Å². The van der Waals surface area contributed by atoms with Gasteiger partial charge in [0.15, 0.2) is 17.0 Å². The van der Waals surface area contributed by atoms with Gasteiger partial charge in [-0.3, -0.25) is 10.1 Å². The van der Waals surface area contributed by atoms with E-state index in [0.29, 0.717) is 22.2 Å². The predicted octanol–water partition coefficient (Wildman–Crippen LogP) is 0.478. The van der Waals surface area contributed by atoms with Crippen molar-refractivity contribution in [2.75, 3.05) is 0 Å². The third-order valence-corrected chi connectivity index (χ3v) is 4.10. The molecule has 0 fully saturated rings. The van der Waals surface area contributed by atoms with Gasteiger partial charge in [0.05, 0.1) is 5.69 Å². The second-order valence-corrected chi connectivity index (χ2v) is 5.53. The maximum Gasteiger partial charge on any atom is 0.329 e. The van der Waals surface area contributed by atoms with Gasteiger partial charge in [-0.2, -0.15) is 0 Å². The van der Waals surface area contributed by atoms with Gasteiger partial charge in [-0.25, -0.2) is 4.79 Å². The molecule has 8 heteroatoms. The highest BCUT2D eigenvalue weighted by Crippen LogP contribution is 2.39. The molecule has 22 heavy (non-hydrogen) atoms. The number of carbonyl (C=O) groups is 2. The van der Waals surface area contributed by atoms with Gasteiger partial charge in [0.2, 0.25) is 0 Å². The molecule has 0 saturated heterocycles. The summed E-state index contributed by atoms with van der Waals surface area (Å²) >= 11 is 0. The molecule has 1 aromatic heterocycles. The minimum Gasteiger partial charge on any atom is -0.504 e. The molecule has 1 aliphatic rings. The van der Waals surface area contributed by atoms with Crippen LogP contribution in [0, 0.1) is 0 Å². The Labute approximate surface area is 124 Å². The first-order valence-corrected chi connectivity index (χ1v) is 6.55. The van der Waals surface area contributed by atoms with Crippen LogP contribution in [0.2, 0.25) is 0 Å². The van der Waals surface area contributed by atoms with Crippen molar-refractivity contribution in [2.24, 2.45) is 0 Å². The van der Waals surface area contributed by atoms with Crippen molar-refractivity contribution in [3.05, 3.63) is 23.4 Å². The monoisotopic (exact) mass is 306 g/mol. The summed E-state index contributed by atoms with van der Waals surface area (Å²) in [4.78, 5) is 25.9. The number of hydrogen-bond acceptors (Lipinski definition) is 5. The van der Waals surface area contributed by atoms with Gasteiger partial charge in [0.25, 0.3) is 0 Å². The molecule has 1 aliphatic heterocycles. The average Bonchev–Trinajstić information content (AvgIpc) is 2.78. The van der Waals surface area contributed by atoms with E-state index in [4.69, 9.17) is 0 Å². The Hall–Kier alpha value is -2.74. The molecule has 2 atom stereocenters. The number of benzene rings is 1. The topological polar surface area (TPSA) is 143 Å². The number of rotatable bonds is 2. The van der Waals surface area contributed by atoms with E-state index in [9.17, 15) is 30.0 Å². The summed E-state index contributed by atoms with van der Waals surface area (Å²) in [5.74, 6) is -3.07. The van der Waals surface area contributed by atoms with Crippen LogP contribution in [0.1, 0.15) is 18.2 Å². The van der Waals surface area contributed by atoms with E-state index in [1.54, 1.807) is 0 Å². The number of fused-ring (bicyclic) bond motifs is 3. The van der Waals surface area contributed by atoms with Crippen LogP contribution < -0.4 is 5.32 Å². The average molecular weight is 306 g/mol. The molecule has 116 valence electrons. The highest BCUT2D eigenvalue weighted by Gasteiger charge is 2.46. The fraction of sp³-hybridized carbons (Fsp3) is 0.286. The third kappa shape index (κ3) is 1.81. The van der Waals surface area contributed by atoms with Gasteiger partial charge in [-0.1, -0.05) is 0 Å². The summed E-state index contributed by atoms with van der Waals surface area (Å²) in [6.07, 6.45) is 0.0672. The number of aliphatic carboxylic acids is 2. The Morgan fingerprint density at radius 1 is 1.23 bits per heavy atom. The first-order valence-electron chi connectivity index (χ1n) is 6.55. The molecular formula is C14H14N2O6. The number of aromatic hydroxyl groups is 2. The van der Waals surface area contributed by atoms with Crippen LogP contribution in [0.5, 0.6) is 11.5 Å². The first-order chi connectivity index (χ1) is 10.2. The molecular weight excluding hydrogens is 292 g/mol. The summed E-state index contributed by atoms with van der Waals surface area (Å²) < 4.78 is 0. The van der Waals surface area contributed by atoms with E-state index in [2.05, 4.69) is 10.3 Å². The highest BCUT2D eigenvalue weighted by molar-refractivity contribution is 5.93. The number of carboxylic acid groups (broad SMARTS) is 2. The van der Waals surface area contributed by atoms with Crippen LogP contribution in [0.15, 0.2) is 12.1 Å². The molecule has 0 saturated carbocycles. The molecule has 0 amide bonds. The number of hydrogen-bond donors (Lipinski definition) is 6. The van der Waals surface area contributed by atoms with Crippen LogP contribution in [-0.2, 0) is 21.5 Å². The zero-order valence-electron chi connectivity index (χ0n) is 11.5. The van der Waals surface area contributed by atoms with Crippen LogP contribution in [0.3, 0.4) is 0 Å². The van der Waals surface area contributed by atoms with Gasteiger partial charge >= 0.3 is 11.9 Å². The molecule has 0 radical (unpaired) electrons. The fourth-order valence-electron chi connectivity index (χ4n) is 2.91. The Balaban J connectivity index is 2.31. The molecule has 0 spiro atoms. The zero-order chi connectivity index (χ0) is 16.2. The quantitative estimate of drug-likeness (QED) is 0.443. The van der Waals surface area contributed by atoms with Gasteiger partial charge in [-0.15, -0.1) is 0 Å². The van der Waals surface area contributed by atoms with Crippen LogP contribution in [-0.4, -0.2) is 43.4 Å². The van der Waals surface area contributed by atoms with E-state index in [1.165, 1.54) is 19.1 Å². The van der Waals surface area contributed by atoms with E-state index in [0.717, 1.165) is 0 Å². The van der Waals surface area contributed by atoms with Crippen LogP contribution in [0.4, 0.5) is 0 Å². The van der Waals surface area contributed by atoms with Gasteiger partial charge in [0.1, 0.15) is 6.04 Å². The minimum atomic E-state index is -1.61. The first kappa shape index (κ1) is 14.2. The van der Waals surface area contributed by atoms with E-state index < -0.39 is 23.5 Å². The molecule has 0 unspecified atom stereocenters. The van der Waals surface area contributed by atoms with Crippen molar-refractivity contribution in [3.63, 3.8) is 0 Å². The van der Waals surface area contributed by atoms with E-state index in [-0.39, 0.29) is 17.9 Å². The molecule has 2 aromatic rings. The Kier molecular flexibility index (Phi) is 2.83. The van der Waals surface area contributed by atoms with Crippen LogP contribution in [0.25, 0.3) is 10.9 Å². The lowest BCUT2D eigenvalue weighted by Crippen LogP contribution is -2.58. The molecule has 6 N–H and O–H groups in total. The van der Waals surface area contributed by atoms with Crippen molar-refractivity contribution in [2.45, 2.75) is 24.9 Å². The summed E-state index contributed by atoms with van der Waals surface area (Å²) in [6.45, 7) is 1.37. The lowest BCUT2D eigenvalue weighted by molar-refractivity contribution is -0.148. The lowest BCUT2D eigenvalue weighted by Gasteiger charge is -2.34. The fourth-order valence-corrected chi connectivity index (χ4v) is 2.91. The molecule has 2 heterocycles. The third-order valence-electron chi connectivity index (χ3n) is 4.10. The SMILES string of the molecule is C[C@]1(C(=O)O)N[C@@H](C(=O)O)Cc2c1[nH]c1cc(O)c(O)cc21. The van der Waals surface area contributed by atoms with Crippen LogP contribution >= 0.6 is 0 Å². The predicted molar refractivity (Wildman–Crippen MR) is 74.9 cm³/mol. The zero-order valence-corrected chi connectivity index (χ0v) is 11.5. The Morgan fingerprint density at radius 2 is 1.86 bits per heavy atom.